The number of ether oxygens (including phenoxy) is 1. The zero-order chi connectivity index (χ0) is 14.4. The molecule has 1 unspecified atom stereocenters. The van der Waals surface area contributed by atoms with Crippen LogP contribution in [0.25, 0.3) is 0 Å². The van der Waals surface area contributed by atoms with Crippen LogP contribution in [0.15, 0.2) is 30.3 Å². The van der Waals surface area contributed by atoms with Gasteiger partial charge in [0, 0.05) is 18.5 Å². The van der Waals surface area contributed by atoms with Crippen molar-refractivity contribution in [3.63, 3.8) is 0 Å². The average Bonchev–Trinajstić information content (AvgIpc) is 2.85. The van der Waals surface area contributed by atoms with Gasteiger partial charge < -0.3 is 10.1 Å². The van der Waals surface area contributed by atoms with E-state index in [9.17, 15) is 0 Å². The van der Waals surface area contributed by atoms with E-state index in [1.165, 1.54) is 10.6 Å². The second-order valence-corrected chi connectivity index (χ2v) is 5.84. The fourth-order valence-electron chi connectivity index (χ4n) is 2.25. The van der Waals surface area contributed by atoms with E-state index in [2.05, 4.69) is 24.4 Å². The van der Waals surface area contributed by atoms with Crippen LogP contribution in [0.3, 0.4) is 0 Å². The smallest absolute Gasteiger partial charge is 0.134 e. The molecule has 0 spiro atoms. The van der Waals surface area contributed by atoms with Gasteiger partial charge in [-0.3, -0.25) is 0 Å². The largest absolute Gasteiger partial charge is 0.370 e. The number of hydrogen-bond acceptors (Lipinski definition) is 4. The first kappa shape index (κ1) is 15.2. The molecule has 3 nitrogen and oxygen atoms in total. The summed E-state index contributed by atoms with van der Waals surface area (Å²) in [4.78, 5) is 6.14. The molecule has 0 saturated carbocycles. The molecule has 0 saturated heterocycles. The van der Waals surface area contributed by atoms with Crippen LogP contribution in [0, 0.1) is 0 Å². The van der Waals surface area contributed by atoms with Crippen molar-refractivity contribution in [3.05, 3.63) is 51.5 Å². The summed E-state index contributed by atoms with van der Waals surface area (Å²) < 4.78 is 5.67. The maximum atomic E-state index is 5.67. The third-order valence-corrected chi connectivity index (χ3v) is 4.32. The number of rotatable bonds is 7. The van der Waals surface area contributed by atoms with Gasteiger partial charge in [-0.15, -0.1) is 11.3 Å². The predicted octanol–water partition coefficient (Wildman–Crippen LogP) is 3.55. The molecule has 1 atom stereocenters. The van der Waals surface area contributed by atoms with Crippen molar-refractivity contribution in [1.82, 2.24) is 10.3 Å². The summed E-state index contributed by atoms with van der Waals surface area (Å²) in [5, 5.41) is 4.27. The summed E-state index contributed by atoms with van der Waals surface area (Å²) in [6.07, 6.45) is 2.07. The van der Waals surface area contributed by atoms with Crippen LogP contribution in [-0.4, -0.2) is 19.1 Å². The Hall–Kier alpha value is -1.23. The Bertz CT molecular complexity index is 501. The maximum Gasteiger partial charge on any atom is 0.134 e. The molecule has 0 aliphatic carbocycles. The molecule has 0 bridgehead atoms. The van der Waals surface area contributed by atoms with E-state index in [4.69, 9.17) is 9.72 Å². The van der Waals surface area contributed by atoms with Crippen molar-refractivity contribution in [2.75, 3.05) is 14.2 Å². The summed E-state index contributed by atoms with van der Waals surface area (Å²) in [7, 11) is 3.72. The Balaban J connectivity index is 2.32. The Morgan fingerprint density at radius 2 is 2.05 bits per heavy atom. The van der Waals surface area contributed by atoms with Crippen molar-refractivity contribution < 1.29 is 4.74 Å². The minimum Gasteiger partial charge on any atom is -0.370 e. The van der Waals surface area contributed by atoms with Crippen molar-refractivity contribution >= 4 is 11.3 Å². The van der Waals surface area contributed by atoms with Crippen LogP contribution >= 0.6 is 11.3 Å². The fraction of sp³-hybridized carbons (Fsp3) is 0.438. The number of nitrogens with zero attached hydrogens (tertiary/aromatic N) is 1. The lowest BCUT2D eigenvalue weighted by atomic mass is 10.1. The second kappa shape index (κ2) is 7.53. The number of aromatic nitrogens is 1. The summed E-state index contributed by atoms with van der Waals surface area (Å²) >= 11 is 1.75. The molecule has 20 heavy (non-hydrogen) atoms. The highest BCUT2D eigenvalue weighted by Gasteiger charge is 2.19. The highest BCUT2D eigenvalue weighted by Crippen LogP contribution is 2.31. The lowest BCUT2D eigenvalue weighted by molar-refractivity contribution is 0.136. The molecule has 2 rings (SSSR count). The maximum absolute atomic E-state index is 5.67. The van der Waals surface area contributed by atoms with E-state index in [0.717, 1.165) is 30.0 Å². The Morgan fingerprint density at radius 3 is 2.65 bits per heavy atom. The average molecular weight is 290 g/mol. The Labute approximate surface area is 125 Å². The first-order valence-electron chi connectivity index (χ1n) is 7.01. The summed E-state index contributed by atoms with van der Waals surface area (Å²) in [6.45, 7) is 3.06. The van der Waals surface area contributed by atoms with Crippen LogP contribution in [0.1, 0.15) is 40.6 Å². The molecule has 1 heterocycles. The van der Waals surface area contributed by atoms with Crippen molar-refractivity contribution in [2.45, 2.75) is 32.4 Å². The van der Waals surface area contributed by atoms with Crippen LogP contribution in [-0.2, 0) is 17.7 Å². The van der Waals surface area contributed by atoms with Crippen LogP contribution in [0.4, 0.5) is 0 Å². The van der Waals surface area contributed by atoms with Gasteiger partial charge in [-0.25, -0.2) is 4.98 Å². The quantitative estimate of drug-likeness (QED) is 0.846. The number of thiazole rings is 1. The number of benzene rings is 1. The Kier molecular flexibility index (Phi) is 5.71. The van der Waals surface area contributed by atoms with Gasteiger partial charge in [0.05, 0.1) is 5.69 Å². The molecule has 0 aliphatic rings. The normalized spacial score (nSPS) is 12.6. The summed E-state index contributed by atoms with van der Waals surface area (Å²) in [6, 6.07) is 10.3. The van der Waals surface area contributed by atoms with Gasteiger partial charge in [0.15, 0.2) is 0 Å². The van der Waals surface area contributed by atoms with Crippen LogP contribution in [0.2, 0.25) is 0 Å². The molecule has 0 fully saturated rings. The molecule has 108 valence electrons. The number of hydrogen-bond donors (Lipinski definition) is 1. The standard InChI is InChI=1S/C16H22N2OS/c1-4-8-13-14(11-17-2)20-16(18-13)15(19-3)12-9-6-5-7-10-12/h5-7,9-10,15,17H,4,8,11H2,1-3H3. The highest BCUT2D eigenvalue weighted by molar-refractivity contribution is 7.11. The zero-order valence-electron chi connectivity index (χ0n) is 12.3. The SMILES string of the molecule is CCCc1nc(C(OC)c2ccccc2)sc1CNC. The number of nitrogens with one attached hydrogen (secondary N) is 1. The highest BCUT2D eigenvalue weighted by atomic mass is 32.1. The summed E-state index contributed by atoms with van der Waals surface area (Å²) in [5.74, 6) is 0. The van der Waals surface area contributed by atoms with Crippen molar-refractivity contribution in [2.24, 2.45) is 0 Å². The second-order valence-electron chi connectivity index (χ2n) is 4.73. The molecule has 0 aliphatic heterocycles. The van der Waals surface area contributed by atoms with Gasteiger partial charge in [-0.05, 0) is 19.0 Å². The minimum absolute atomic E-state index is 0.0672. The van der Waals surface area contributed by atoms with Gasteiger partial charge in [0.25, 0.3) is 0 Å². The lowest BCUT2D eigenvalue weighted by Gasteiger charge is -2.12. The van der Waals surface area contributed by atoms with Crippen LogP contribution < -0.4 is 5.32 Å². The lowest BCUT2D eigenvalue weighted by Crippen LogP contribution is -2.05. The fourth-order valence-corrected chi connectivity index (χ4v) is 3.48. The predicted molar refractivity (Wildman–Crippen MR) is 84.2 cm³/mol. The first-order chi connectivity index (χ1) is 9.80. The molecule has 0 amide bonds. The Morgan fingerprint density at radius 1 is 1.30 bits per heavy atom. The third kappa shape index (κ3) is 3.45. The number of aryl methyl sites for hydroxylation is 1. The van der Waals surface area contributed by atoms with E-state index in [-0.39, 0.29) is 6.10 Å². The molecule has 1 aromatic carbocycles. The molecular formula is C16H22N2OS. The van der Waals surface area contributed by atoms with Crippen LogP contribution in [0.5, 0.6) is 0 Å². The van der Waals surface area contributed by atoms with E-state index in [1.54, 1.807) is 18.4 Å². The third-order valence-electron chi connectivity index (χ3n) is 3.18. The summed E-state index contributed by atoms with van der Waals surface area (Å²) in [5.41, 5.74) is 2.36. The van der Waals surface area contributed by atoms with E-state index in [0.29, 0.717) is 0 Å². The van der Waals surface area contributed by atoms with E-state index >= 15 is 0 Å². The van der Waals surface area contributed by atoms with E-state index in [1.807, 2.05) is 25.2 Å². The molecular weight excluding hydrogens is 268 g/mol. The van der Waals surface area contributed by atoms with Gasteiger partial charge in [-0.1, -0.05) is 43.7 Å². The first-order valence-corrected chi connectivity index (χ1v) is 7.82. The van der Waals surface area contributed by atoms with Gasteiger partial charge in [0.2, 0.25) is 0 Å². The van der Waals surface area contributed by atoms with Gasteiger partial charge in [-0.2, -0.15) is 0 Å². The zero-order valence-corrected chi connectivity index (χ0v) is 13.2. The van der Waals surface area contributed by atoms with Gasteiger partial charge in [0.1, 0.15) is 11.1 Å². The van der Waals surface area contributed by atoms with E-state index < -0.39 is 0 Å². The molecule has 0 radical (unpaired) electrons. The molecule has 2 aromatic rings. The monoisotopic (exact) mass is 290 g/mol. The minimum atomic E-state index is -0.0672. The molecule has 1 aromatic heterocycles. The van der Waals surface area contributed by atoms with Crippen molar-refractivity contribution in [1.29, 1.82) is 0 Å². The topological polar surface area (TPSA) is 34.1 Å². The number of methoxy groups -OCH3 is 1. The van der Waals surface area contributed by atoms with Gasteiger partial charge >= 0.3 is 0 Å². The molecule has 4 heteroatoms. The molecule has 1 N–H and O–H groups in total. The van der Waals surface area contributed by atoms with Crippen molar-refractivity contribution in [3.8, 4) is 0 Å².